The van der Waals surface area contributed by atoms with Crippen molar-refractivity contribution in [1.29, 1.82) is 0 Å². The van der Waals surface area contributed by atoms with Gasteiger partial charge < -0.3 is 10.6 Å². The fourth-order valence-electron chi connectivity index (χ4n) is 2.68. The lowest BCUT2D eigenvalue weighted by Crippen LogP contribution is -2.25. The number of amides is 1. The van der Waals surface area contributed by atoms with Gasteiger partial charge in [-0.1, -0.05) is 30.3 Å². The van der Waals surface area contributed by atoms with Crippen molar-refractivity contribution in [2.75, 3.05) is 11.9 Å². The summed E-state index contributed by atoms with van der Waals surface area (Å²) in [6.45, 7) is 2.11. The minimum Gasteiger partial charge on any atom is -0.351 e. The summed E-state index contributed by atoms with van der Waals surface area (Å²) in [4.78, 5) is 31.9. The lowest BCUT2D eigenvalue weighted by molar-refractivity contribution is 0.0947. The van der Waals surface area contributed by atoms with E-state index in [9.17, 15) is 9.59 Å². The van der Waals surface area contributed by atoms with Gasteiger partial charge in [0.25, 0.3) is 5.91 Å². The molecule has 0 unspecified atom stereocenters. The van der Waals surface area contributed by atoms with Crippen LogP contribution >= 0.6 is 0 Å². The highest BCUT2D eigenvalue weighted by atomic mass is 16.1. The van der Waals surface area contributed by atoms with E-state index in [1.807, 2.05) is 18.2 Å². The molecule has 2 aromatic carbocycles. The Morgan fingerprint density at radius 2 is 1.68 bits per heavy atom. The molecule has 0 aliphatic rings. The van der Waals surface area contributed by atoms with Gasteiger partial charge in [-0.05, 0) is 49.6 Å². The number of nitrogens with zero attached hydrogens (tertiary/aromatic N) is 2. The Morgan fingerprint density at radius 1 is 0.929 bits per heavy atom. The number of carbonyl (C=O) groups is 2. The lowest BCUT2D eigenvalue weighted by Gasteiger charge is -2.07. The summed E-state index contributed by atoms with van der Waals surface area (Å²) in [6, 6.07) is 17.2. The normalized spacial score (nSPS) is 10.3. The average molecular weight is 374 g/mol. The summed E-state index contributed by atoms with van der Waals surface area (Å²) in [7, 11) is 0. The molecule has 6 nitrogen and oxygen atoms in total. The van der Waals surface area contributed by atoms with Crippen LogP contribution in [0, 0.1) is 0 Å². The van der Waals surface area contributed by atoms with Crippen LogP contribution in [0.5, 0.6) is 0 Å². The number of ketones is 1. The number of anilines is 2. The van der Waals surface area contributed by atoms with Crippen molar-refractivity contribution in [3.05, 3.63) is 83.8 Å². The molecule has 0 bridgehead atoms. The van der Waals surface area contributed by atoms with E-state index < -0.39 is 0 Å². The Hall–Kier alpha value is -3.54. The van der Waals surface area contributed by atoms with Crippen molar-refractivity contribution in [3.63, 3.8) is 0 Å². The van der Waals surface area contributed by atoms with Crippen LogP contribution in [-0.2, 0) is 6.42 Å². The largest absolute Gasteiger partial charge is 0.351 e. The van der Waals surface area contributed by atoms with Crippen molar-refractivity contribution < 1.29 is 9.59 Å². The Labute approximate surface area is 164 Å². The predicted octanol–water partition coefficient (Wildman–Crippen LogP) is 3.79. The summed E-state index contributed by atoms with van der Waals surface area (Å²) in [5.41, 5.74) is 2.97. The van der Waals surface area contributed by atoms with Gasteiger partial charge in [-0.2, -0.15) is 0 Å². The topological polar surface area (TPSA) is 84.0 Å². The summed E-state index contributed by atoms with van der Waals surface area (Å²) in [5, 5.41) is 5.95. The van der Waals surface area contributed by atoms with Gasteiger partial charge in [0.2, 0.25) is 0 Å². The molecule has 0 atom stereocenters. The number of aryl methyl sites for hydroxylation is 1. The van der Waals surface area contributed by atoms with E-state index in [-0.39, 0.29) is 17.4 Å². The summed E-state index contributed by atoms with van der Waals surface area (Å²) >= 11 is 0. The third-order valence-electron chi connectivity index (χ3n) is 4.22. The highest BCUT2D eigenvalue weighted by Crippen LogP contribution is 2.15. The number of rotatable bonds is 8. The number of Topliss-reactive ketones (excluding diaryl/α,β-unsaturated/α-hetero) is 1. The SMILES string of the molecule is CC(=O)c1ccc(Nc2cnc(C(=O)NCCCc3ccccc3)cn2)cc1. The van der Waals surface area contributed by atoms with Gasteiger partial charge in [0.15, 0.2) is 5.78 Å². The van der Waals surface area contributed by atoms with Crippen LogP contribution < -0.4 is 10.6 Å². The van der Waals surface area contributed by atoms with Crippen LogP contribution in [0.1, 0.15) is 39.8 Å². The smallest absolute Gasteiger partial charge is 0.271 e. The van der Waals surface area contributed by atoms with Crippen LogP contribution in [0.4, 0.5) is 11.5 Å². The number of aromatic nitrogens is 2. The first-order valence-corrected chi connectivity index (χ1v) is 9.14. The Morgan fingerprint density at radius 3 is 2.32 bits per heavy atom. The highest BCUT2D eigenvalue weighted by molar-refractivity contribution is 5.94. The molecule has 1 heterocycles. The zero-order valence-electron chi connectivity index (χ0n) is 15.7. The van der Waals surface area contributed by atoms with Crippen LogP contribution in [0.3, 0.4) is 0 Å². The molecule has 0 aliphatic heterocycles. The molecule has 0 saturated heterocycles. The van der Waals surface area contributed by atoms with Crippen LogP contribution in [0.15, 0.2) is 67.0 Å². The molecule has 3 rings (SSSR count). The molecule has 28 heavy (non-hydrogen) atoms. The van der Waals surface area contributed by atoms with Crippen LogP contribution in [0.25, 0.3) is 0 Å². The van der Waals surface area contributed by atoms with Crippen molar-refractivity contribution in [3.8, 4) is 0 Å². The second-order valence-corrected chi connectivity index (χ2v) is 6.39. The molecule has 0 fully saturated rings. The minimum atomic E-state index is -0.238. The first-order chi connectivity index (χ1) is 13.6. The molecule has 1 aromatic heterocycles. The molecule has 2 N–H and O–H groups in total. The highest BCUT2D eigenvalue weighted by Gasteiger charge is 2.08. The monoisotopic (exact) mass is 374 g/mol. The van der Waals surface area contributed by atoms with Crippen molar-refractivity contribution >= 4 is 23.2 Å². The Bertz CT molecular complexity index is 923. The molecule has 142 valence electrons. The van der Waals surface area contributed by atoms with Gasteiger partial charge in [-0.25, -0.2) is 9.97 Å². The Kier molecular flexibility index (Phi) is 6.46. The second-order valence-electron chi connectivity index (χ2n) is 6.39. The summed E-state index contributed by atoms with van der Waals surface area (Å²) in [6.07, 6.45) is 4.73. The summed E-state index contributed by atoms with van der Waals surface area (Å²) in [5.74, 6) is 0.305. The quantitative estimate of drug-likeness (QED) is 0.463. The number of nitrogens with one attached hydrogen (secondary N) is 2. The maximum absolute atomic E-state index is 12.2. The van der Waals surface area contributed by atoms with Crippen molar-refractivity contribution in [2.45, 2.75) is 19.8 Å². The first-order valence-electron chi connectivity index (χ1n) is 9.14. The molecule has 1 amide bonds. The lowest BCUT2D eigenvalue weighted by atomic mass is 10.1. The molecule has 3 aromatic rings. The fourth-order valence-corrected chi connectivity index (χ4v) is 2.68. The minimum absolute atomic E-state index is 0.0190. The van der Waals surface area contributed by atoms with Crippen LogP contribution in [0.2, 0.25) is 0 Å². The number of hydrogen-bond donors (Lipinski definition) is 2. The number of hydrogen-bond acceptors (Lipinski definition) is 5. The zero-order chi connectivity index (χ0) is 19.8. The van der Waals surface area contributed by atoms with Gasteiger partial charge >= 0.3 is 0 Å². The molecule has 0 radical (unpaired) electrons. The molecule has 0 saturated carbocycles. The maximum atomic E-state index is 12.2. The van der Waals surface area contributed by atoms with Crippen molar-refractivity contribution in [1.82, 2.24) is 15.3 Å². The molecular weight excluding hydrogens is 352 g/mol. The number of benzene rings is 2. The van der Waals surface area contributed by atoms with E-state index in [0.717, 1.165) is 18.5 Å². The van der Waals surface area contributed by atoms with E-state index in [0.29, 0.717) is 17.9 Å². The second kappa shape index (κ2) is 9.41. The van der Waals surface area contributed by atoms with E-state index in [1.165, 1.54) is 24.9 Å². The number of carbonyl (C=O) groups excluding carboxylic acids is 2. The predicted molar refractivity (Wildman–Crippen MR) is 109 cm³/mol. The van der Waals surface area contributed by atoms with Crippen LogP contribution in [-0.4, -0.2) is 28.2 Å². The third-order valence-corrected chi connectivity index (χ3v) is 4.22. The average Bonchev–Trinajstić information content (AvgIpc) is 2.73. The molecular formula is C22H22N4O2. The van der Waals surface area contributed by atoms with Gasteiger partial charge in [0.1, 0.15) is 11.5 Å². The first kappa shape index (κ1) is 19.2. The Balaban J connectivity index is 1.47. The van der Waals surface area contributed by atoms with Gasteiger partial charge in [0.05, 0.1) is 12.4 Å². The van der Waals surface area contributed by atoms with Gasteiger partial charge in [-0.15, -0.1) is 0 Å². The van der Waals surface area contributed by atoms with Gasteiger partial charge in [-0.3, -0.25) is 9.59 Å². The summed E-state index contributed by atoms with van der Waals surface area (Å²) < 4.78 is 0. The molecule has 0 spiro atoms. The maximum Gasteiger partial charge on any atom is 0.271 e. The van der Waals surface area contributed by atoms with Crippen molar-refractivity contribution in [2.24, 2.45) is 0 Å². The van der Waals surface area contributed by atoms with Gasteiger partial charge in [0, 0.05) is 17.8 Å². The molecule has 0 aliphatic carbocycles. The van der Waals surface area contributed by atoms with E-state index in [1.54, 1.807) is 24.3 Å². The third kappa shape index (κ3) is 5.48. The molecule has 6 heteroatoms. The van der Waals surface area contributed by atoms with E-state index >= 15 is 0 Å². The standard InChI is InChI=1S/C22H22N4O2/c1-16(27)18-9-11-19(12-10-18)26-21-15-24-20(14-25-21)22(28)23-13-5-8-17-6-3-2-4-7-17/h2-4,6-7,9-12,14-15H,5,8,13H2,1H3,(H,23,28)(H,25,26). The zero-order valence-corrected chi connectivity index (χ0v) is 15.7. The van der Waals surface area contributed by atoms with E-state index in [2.05, 4.69) is 32.7 Å². The van der Waals surface area contributed by atoms with E-state index in [4.69, 9.17) is 0 Å². The fraction of sp³-hybridized carbons (Fsp3) is 0.182.